The Kier molecular flexibility index (Phi) is 3.92. The summed E-state index contributed by atoms with van der Waals surface area (Å²) in [5.74, 6) is 1.04. The zero-order valence-corrected chi connectivity index (χ0v) is 11.8. The first-order valence-corrected chi connectivity index (χ1v) is 7.17. The predicted molar refractivity (Wildman–Crippen MR) is 78.6 cm³/mol. The summed E-state index contributed by atoms with van der Waals surface area (Å²) < 4.78 is 7.42. The van der Waals surface area contributed by atoms with E-state index in [1.165, 1.54) is 11.1 Å². The number of nitrogens with zero attached hydrogens (tertiary/aromatic N) is 3. The van der Waals surface area contributed by atoms with E-state index in [1.54, 1.807) is 0 Å². The molecule has 0 aliphatic carbocycles. The van der Waals surface area contributed by atoms with Gasteiger partial charge in [0.15, 0.2) is 12.4 Å². The molecule has 0 atom stereocenters. The number of hydrogen-bond donors (Lipinski definition) is 0. The summed E-state index contributed by atoms with van der Waals surface area (Å²) in [6.07, 6.45) is 2.11. The zero-order chi connectivity index (χ0) is 13.8. The topological polar surface area (TPSA) is 29.2 Å². The number of morpholine rings is 1. The van der Waals surface area contributed by atoms with Crippen molar-refractivity contribution in [3.8, 4) is 11.1 Å². The van der Waals surface area contributed by atoms with Gasteiger partial charge in [-0.25, -0.2) is 0 Å². The molecule has 1 aromatic carbocycles. The van der Waals surface area contributed by atoms with Crippen LogP contribution in [0.3, 0.4) is 0 Å². The molecule has 0 amide bonds. The number of hydrogen-bond acceptors (Lipinski definition) is 3. The normalized spacial score (nSPS) is 15.3. The van der Waals surface area contributed by atoms with Crippen molar-refractivity contribution in [1.82, 2.24) is 5.10 Å². The lowest BCUT2D eigenvalue weighted by Crippen LogP contribution is -2.42. The summed E-state index contributed by atoms with van der Waals surface area (Å²) in [7, 11) is 0. The second-order valence-corrected chi connectivity index (χ2v) is 4.91. The molecule has 1 aliphatic rings. The largest absolute Gasteiger partial charge is 0.378 e. The van der Waals surface area contributed by atoms with E-state index in [1.807, 2.05) is 10.7 Å². The van der Waals surface area contributed by atoms with Crippen LogP contribution in [0.4, 0.5) is 5.82 Å². The third kappa shape index (κ3) is 2.80. The van der Waals surface area contributed by atoms with Crippen molar-refractivity contribution in [1.29, 1.82) is 0 Å². The van der Waals surface area contributed by atoms with Crippen molar-refractivity contribution in [2.45, 2.75) is 13.5 Å². The monoisotopic (exact) mass is 270 g/mol. The zero-order valence-electron chi connectivity index (χ0n) is 11.8. The first-order chi connectivity index (χ1) is 9.86. The minimum Gasteiger partial charge on any atom is -0.378 e. The van der Waals surface area contributed by atoms with Crippen LogP contribution in [0.15, 0.2) is 42.6 Å². The molecule has 1 fully saturated rings. The molecule has 3 rings (SSSR count). The van der Waals surface area contributed by atoms with Gasteiger partial charge in [0.1, 0.15) is 0 Å². The molecule has 0 spiro atoms. The molecule has 2 heterocycles. The molecule has 0 saturated carbocycles. The van der Waals surface area contributed by atoms with Crippen LogP contribution in [-0.2, 0) is 11.3 Å². The van der Waals surface area contributed by atoms with Gasteiger partial charge in [0.05, 0.1) is 18.8 Å². The fourth-order valence-electron chi connectivity index (χ4n) is 2.42. The third-order valence-corrected chi connectivity index (χ3v) is 3.57. The summed E-state index contributed by atoms with van der Waals surface area (Å²) in [6, 6.07) is 12.6. The van der Waals surface area contributed by atoms with E-state index in [-0.39, 0.29) is 0 Å². The first-order valence-electron chi connectivity index (χ1n) is 7.17. The number of anilines is 1. The molecular formula is C16H20N3O+. The molecule has 0 unspecified atom stereocenters. The lowest BCUT2D eigenvalue weighted by Gasteiger charge is -2.26. The van der Waals surface area contributed by atoms with E-state index < -0.39 is 0 Å². The fraction of sp³-hybridized carbons (Fsp3) is 0.375. The highest BCUT2D eigenvalue weighted by molar-refractivity contribution is 5.64. The van der Waals surface area contributed by atoms with Gasteiger partial charge in [-0.2, -0.15) is 0 Å². The lowest BCUT2D eigenvalue weighted by molar-refractivity contribution is -0.749. The minimum absolute atomic E-state index is 0.781. The van der Waals surface area contributed by atoms with E-state index in [0.717, 1.165) is 38.7 Å². The summed E-state index contributed by atoms with van der Waals surface area (Å²) >= 11 is 0. The Hall–Kier alpha value is -1.94. The Morgan fingerprint density at radius 1 is 1.15 bits per heavy atom. The van der Waals surface area contributed by atoms with Gasteiger partial charge >= 0.3 is 0 Å². The number of aryl methyl sites for hydroxylation is 1. The second kappa shape index (κ2) is 6.01. The summed E-state index contributed by atoms with van der Waals surface area (Å²) in [5.41, 5.74) is 2.44. The van der Waals surface area contributed by atoms with Crippen LogP contribution in [0.1, 0.15) is 6.92 Å². The van der Waals surface area contributed by atoms with Crippen molar-refractivity contribution in [2.75, 3.05) is 31.2 Å². The molecule has 4 nitrogen and oxygen atoms in total. The van der Waals surface area contributed by atoms with Gasteiger partial charge in [0.2, 0.25) is 6.20 Å². The van der Waals surface area contributed by atoms with Crippen LogP contribution in [-0.4, -0.2) is 31.4 Å². The van der Waals surface area contributed by atoms with E-state index >= 15 is 0 Å². The van der Waals surface area contributed by atoms with Crippen LogP contribution in [0, 0.1) is 0 Å². The fourth-order valence-corrected chi connectivity index (χ4v) is 2.42. The number of benzene rings is 1. The van der Waals surface area contributed by atoms with Gasteiger partial charge in [-0.05, 0) is 12.5 Å². The highest BCUT2D eigenvalue weighted by Crippen LogP contribution is 2.21. The number of ether oxygens (including phenoxy) is 1. The van der Waals surface area contributed by atoms with Crippen molar-refractivity contribution in [3.63, 3.8) is 0 Å². The second-order valence-electron chi connectivity index (χ2n) is 4.91. The molecule has 0 radical (unpaired) electrons. The Bertz CT molecular complexity index is 565. The summed E-state index contributed by atoms with van der Waals surface area (Å²) in [6.45, 7) is 6.37. The molecule has 1 aromatic heterocycles. The Morgan fingerprint density at radius 3 is 2.60 bits per heavy atom. The smallest absolute Gasteiger partial charge is 0.204 e. The van der Waals surface area contributed by atoms with Gasteiger partial charge in [0.25, 0.3) is 0 Å². The van der Waals surface area contributed by atoms with Crippen LogP contribution in [0.2, 0.25) is 0 Å². The van der Waals surface area contributed by atoms with Crippen molar-refractivity contribution in [3.05, 3.63) is 42.6 Å². The molecule has 0 bridgehead atoms. The van der Waals surface area contributed by atoms with Crippen LogP contribution in [0.5, 0.6) is 0 Å². The van der Waals surface area contributed by atoms with Crippen LogP contribution in [0.25, 0.3) is 11.1 Å². The average molecular weight is 270 g/mol. The van der Waals surface area contributed by atoms with Gasteiger partial charge < -0.3 is 9.64 Å². The average Bonchev–Trinajstić information content (AvgIpc) is 2.56. The van der Waals surface area contributed by atoms with E-state index in [2.05, 4.69) is 53.5 Å². The number of aromatic nitrogens is 2. The lowest BCUT2D eigenvalue weighted by atomic mass is 10.1. The molecule has 104 valence electrons. The molecule has 0 N–H and O–H groups in total. The Balaban J connectivity index is 1.98. The van der Waals surface area contributed by atoms with Gasteiger partial charge in [-0.1, -0.05) is 35.0 Å². The summed E-state index contributed by atoms with van der Waals surface area (Å²) in [4.78, 5) is 2.29. The van der Waals surface area contributed by atoms with E-state index in [9.17, 15) is 0 Å². The highest BCUT2D eigenvalue weighted by Gasteiger charge is 2.17. The standard InChI is InChI=1S/C16H20N3O/c1-2-19-13-15(14-6-4-3-5-7-14)12-16(17-19)18-8-10-20-11-9-18/h3-7,12-13H,2,8-11H2,1H3/q+1. The quantitative estimate of drug-likeness (QED) is 0.798. The molecular weight excluding hydrogens is 250 g/mol. The molecule has 1 aliphatic heterocycles. The summed E-state index contributed by atoms with van der Waals surface area (Å²) in [5, 5.41) is 4.69. The van der Waals surface area contributed by atoms with Crippen molar-refractivity contribution in [2.24, 2.45) is 0 Å². The Labute approximate surface area is 119 Å². The maximum Gasteiger partial charge on any atom is 0.204 e. The third-order valence-electron chi connectivity index (χ3n) is 3.57. The van der Waals surface area contributed by atoms with Crippen LogP contribution >= 0.6 is 0 Å². The molecule has 2 aromatic rings. The first kappa shape index (κ1) is 13.1. The maximum absolute atomic E-state index is 5.42. The molecule has 20 heavy (non-hydrogen) atoms. The van der Waals surface area contributed by atoms with Crippen LogP contribution < -0.4 is 9.58 Å². The van der Waals surface area contributed by atoms with Gasteiger partial charge in [-0.15, -0.1) is 0 Å². The Morgan fingerprint density at radius 2 is 1.90 bits per heavy atom. The minimum atomic E-state index is 0.781. The van der Waals surface area contributed by atoms with Gasteiger partial charge in [-0.3, -0.25) is 0 Å². The highest BCUT2D eigenvalue weighted by atomic mass is 16.5. The van der Waals surface area contributed by atoms with Gasteiger partial charge in [0, 0.05) is 24.3 Å². The van der Waals surface area contributed by atoms with Crippen molar-refractivity contribution >= 4 is 5.82 Å². The maximum atomic E-state index is 5.42. The van der Waals surface area contributed by atoms with Crippen molar-refractivity contribution < 1.29 is 9.42 Å². The van der Waals surface area contributed by atoms with E-state index in [4.69, 9.17) is 4.74 Å². The molecule has 4 heteroatoms. The SMILES string of the molecule is CC[n+]1cc(-c2ccccc2)cc(N2CCOCC2)n1. The predicted octanol–water partition coefficient (Wildman–Crippen LogP) is 1.89. The van der Waals surface area contributed by atoms with E-state index in [0.29, 0.717) is 0 Å². The molecule has 1 saturated heterocycles. The number of rotatable bonds is 3.